The second-order valence-electron chi connectivity index (χ2n) is 13.6. The molecule has 5 aromatic heterocycles. The number of halogens is 1. The van der Waals surface area contributed by atoms with Gasteiger partial charge in [0.1, 0.15) is 24.1 Å². The number of nitrogens with zero attached hydrogens (tertiary/aromatic N) is 10. The third-order valence-corrected chi connectivity index (χ3v) is 13.4. The van der Waals surface area contributed by atoms with E-state index in [-0.39, 0.29) is 66.2 Å². The van der Waals surface area contributed by atoms with Gasteiger partial charge in [0.2, 0.25) is 11.7 Å². The Balaban J connectivity index is 0.943. The number of non-ortho nitro benzene ring substituents is 1. The van der Waals surface area contributed by atoms with Crippen LogP contribution in [0.1, 0.15) is 24.3 Å². The van der Waals surface area contributed by atoms with E-state index in [1.807, 2.05) is 4.57 Å². The van der Waals surface area contributed by atoms with E-state index >= 15 is 4.39 Å². The third kappa shape index (κ3) is 7.29. The van der Waals surface area contributed by atoms with Crippen LogP contribution >= 0.6 is 13.4 Å². The van der Waals surface area contributed by atoms with E-state index in [0.29, 0.717) is 29.8 Å². The molecule has 26 heteroatoms. The predicted octanol–water partition coefficient (Wildman–Crippen LogP) is 3.33. The van der Waals surface area contributed by atoms with Crippen molar-refractivity contribution in [2.24, 2.45) is 11.8 Å². The van der Waals surface area contributed by atoms with Crippen LogP contribution in [0.3, 0.4) is 0 Å². The first kappa shape index (κ1) is 38.3. The molecule has 21 nitrogen and oxygen atoms in total. The van der Waals surface area contributed by atoms with Gasteiger partial charge in [0.15, 0.2) is 35.0 Å². The van der Waals surface area contributed by atoms with Gasteiger partial charge in [-0.05, 0) is 41.5 Å². The van der Waals surface area contributed by atoms with Gasteiger partial charge in [0.25, 0.3) is 5.69 Å². The van der Waals surface area contributed by atoms with Crippen molar-refractivity contribution in [1.82, 2.24) is 43.4 Å². The van der Waals surface area contributed by atoms with Crippen LogP contribution in [0.15, 0.2) is 55.6 Å². The highest BCUT2D eigenvalue weighted by Crippen LogP contribution is 2.55. The molecule has 3 aliphatic rings. The van der Waals surface area contributed by atoms with Crippen molar-refractivity contribution in [2.75, 3.05) is 32.2 Å². The molecule has 57 heavy (non-hydrogen) atoms. The van der Waals surface area contributed by atoms with Gasteiger partial charge in [-0.2, -0.15) is 4.98 Å². The number of imidazole rings is 3. The van der Waals surface area contributed by atoms with Gasteiger partial charge in [-0.1, -0.05) is 12.1 Å². The summed E-state index contributed by atoms with van der Waals surface area (Å²) in [5, 5.41) is 11.0. The summed E-state index contributed by atoms with van der Waals surface area (Å²) in [7, 11) is 0. The average Bonchev–Trinajstić information content (AvgIpc) is 3.97. The van der Waals surface area contributed by atoms with Crippen molar-refractivity contribution in [3.8, 4) is 5.88 Å². The Kier molecular flexibility index (Phi) is 10.0. The zero-order chi connectivity index (χ0) is 39.6. The van der Waals surface area contributed by atoms with Crippen molar-refractivity contribution < 1.29 is 46.7 Å². The maximum absolute atomic E-state index is 16.3. The summed E-state index contributed by atoms with van der Waals surface area (Å²) in [5.74, 6) is 0.0337. The Hall–Kier alpha value is -4.19. The summed E-state index contributed by atoms with van der Waals surface area (Å²) in [6, 6.07) is 5.92. The number of nitrogens with two attached hydrogens (primary N) is 1. The van der Waals surface area contributed by atoms with Gasteiger partial charge in [0, 0.05) is 42.9 Å². The van der Waals surface area contributed by atoms with Crippen LogP contribution in [0.2, 0.25) is 0 Å². The predicted molar refractivity (Wildman–Crippen MR) is 203 cm³/mol. The number of fused-ring (bicyclic) bond motifs is 6. The lowest BCUT2D eigenvalue weighted by atomic mass is 9.70. The topological polar surface area (TPSA) is 257 Å². The van der Waals surface area contributed by atoms with E-state index in [1.165, 1.54) is 29.4 Å². The largest absolute Gasteiger partial charge is 0.476 e. The standard InChI is InChI=1S/C31H32FN11O10P2S2/c32-22-25-21(52-30(22)42-15-37-23-26(33)35-13-36-27(23)42)12-51-54(46,56)50-11-19-17(10-49-55(47,57)53-25)9-20(19)41-14-38-24-28(39-31-34-6-7-40(31)29(24)41)48-8-5-16-1-3-18(4-2-16)43(44)45/h1-4,6-7,13-15,17,19-22,25,30H,5,8-12H2,(H,46,56)(H,47,57)(H2,33,35,36)/t17-,19-,20-,21-,22-,25-,30-,54?,55?/m1/s1. The quantitative estimate of drug-likeness (QED) is 0.118. The van der Waals surface area contributed by atoms with Crippen molar-refractivity contribution in [3.63, 3.8) is 0 Å². The molecule has 2 aliphatic heterocycles. The Morgan fingerprint density at radius 3 is 2.56 bits per heavy atom. The van der Waals surface area contributed by atoms with Crippen molar-refractivity contribution in [3.05, 3.63) is 71.3 Å². The second kappa shape index (κ2) is 14.9. The summed E-state index contributed by atoms with van der Waals surface area (Å²) in [6.45, 7) is -8.47. The molecule has 9 rings (SSSR count). The SMILES string of the molecule is Nc1ncnc2c1ncn2[C@@H]1O[C@@H]2COP(O)(=S)OC[C@@H]3[C@@H](COP(O)(=S)O[C@H]2[C@H]1F)C[C@H]3n1cnc2c(OCCc3ccc([N+](=O)[O-])cc3)nc3nccn3c21. The van der Waals surface area contributed by atoms with E-state index in [1.54, 1.807) is 35.3 Å². The van der Waals surface area contributed by atoms with Crippen LogP contribution in [0.5, 0.6) is 5.88 Å². The summed E-state index contributed by atoms with van der Waals surface area (Å²) >= 11 is 10.8. The van der Waals surface area contributed by atoms with Gasteiger partial charge in [-0.15, -0.1) is 0 Å². The van der Waals surface area contributed by atoms with Crippen molar-refractivity contribution in [1.29, 1.82) is 0 Å². The maximum atomic E-state index is 16.3. The van der Waals surface area contributed by atoms with E-state index in [4.69, 9.17) is 56.9 Å². The maximum Gasteiger partial charge on any atom is 0.324 e. The summed E-state index contributed by atoms with van der Waals surface area (Å²) in [4.78, 5) is 58.8. The van der Waals surface area contributed by atoms with Gasteiger partial charge in [0.05, 0.1) is 44.0 Å². The molecule has 0 radical (unpaired) electrons. The molecule has 9 atom stereocenters. The number of aromatic nitrogens is 9. The van der Waals surface area contributed by atoms with Gasteiger partial charge >= 0.3 is 13.4 Å². The molecule has 7 heterocycles. The van der Waals surface area contributed by atoms with Gasteiger partial charge < -0.3 is 43.1 Å². The zero-order valence-corrected chi connectivity index (χ0v) is 32.7. The highest BCUT2D eigenvalue weighted by molar-refractivity contribution is 8.07. The zero-order valence-electron chi connectivity index (χ0n) is 29.3. The average molecular weight is 864 g/mol. The molecule has 300 valence electrons. The molecule has 1 aromatic carbocycles. The molecule has 2 saturated heterocycles. The first-order chi connectivity index (χ1) is 27.4. The Bertz CT molecular complexity index is 2600. The molecule has 6 aromatic rings. The summed E-state index contributed by atoms with van der Waals surface area (Å²) in [6.07, 6.45) is 2.39. The van der Waals surface area contributed by atoms with E-state index < -0.39 is 49.6 Å². The fraction of sp³-hybridized carbons (Fsp3) is 0.419. The number of rotatable bonds is 7. The summed E-state index contributed by atoms with van der Waals surface area (Å²) in [5.41, 5.74) is 8.26. The minimum Gasteiger partial charge on any atom is -0.476 e. The minimum atomic E-state index is -4.09. The van der Waals surface area contributed by atoms with Gasteiger partial charge in [-0.3, -0.25) is 23.6 Å². The Morgan fingerprint density at radius 1 is 1.00 bits per heavy atom. The lowest BCUT2D eigenvalue weighted by molar-refractivity contribution is -0.384. The highest BCUT2D eigenvalue weighted by atomic mass is 32.5. The number of nitro groups is 1. The molecular weight excluding hydrogens is 831 g/mol. The molecule has 0 amide bonds. The number of ether oxygens (including phenoxy) is 2. The molecule has 0 spiro atoms. The fourth-order valence-electron chi connectivity index (χ4n) is 7.35. The molecule has 3 fully saturated rings. The third-order valence-electron chi connectivity index (χ3n) is 10.3. The summed E-state index contributed by atoms with van der Waals surface area (Å²) < 4.78 is 56.6. The first-order valence-corrected chi connectivity index (χ1v) is 22.6. The number of hydrogen-bond acceptors (Lipinski definition) is 17. The van der Waals surface area contributed by atoms with Crippen LogP contribution in [0.25, 0.3) is 28.1 Å². The number of nitrogen functional groups attached to an aromatic ring is 1. The molecule has 1 saturated carbocycles. The van der Waals surface area contributed by atoms with E-state index in [2.05, 4.69) is 29.9 Å². The van der Waals surface area contributed by atoms with Crippen LogP contribution in [-0.2, 0) is 52.9 Å². The van der Waals surface area contributed by atoms with Crippen LogP contribution in [0.4, 0.5) is 15.9 Å². The smallest absolute Gasteiger partial charge is 0.324 e. The highest BCUT2D eigenvalue weighted by Gasteiger charge is 2.51. The number of nitro benzene ring substituents is 1. The number of anilines is 1. The number of alkyl halides is 1. The van der Waals surface area contributed by atoms with Crippen LogP contribution in [-0.4, -0.2) is 103 Å². The lowest BCUT2D eigenvalue weighted by Crippen LogP contribution is -2.43. The monoisotopic (exact) mass is 863 g/mol. The normalized spacial score (nSPS) is 30.9. The van der Waals surface area contributed by atoms with Crippen molar-refractivity contribution in [2.45, 2.75) is 43.5 Å². The lowest BCUT2D eigenvalue weighted by Gasteiger charge is -2.45. The molecule has 4 N–H and O–H groups in total. The van der Waals surface area contributed by atoms with Gasteiger partial charge in [-0.25, -0.2) is 29.3 Å². The second-order valence-corrected chi connectivity index (χ2v) is 19.2. The van der Waals surface area contributed by atoms with Crippen molar-refractivity contribution >= 4 is 76.7 Å². The van der Waals surface area contributed by atoms with E-state index in [9.17, 15) is 19.9 Å². The first-order valence-electron chi connectivity index (χ1n) is 17.4. The van der Waals surface area contributed by atoms with Crippen LogP contribution < -0.4 is 10.5 Å². The minimum absolute atomic E-state index is 0.00318. The molecule has 0 bridgehead atoms. The molecule has 2 unspecified atom stereocenters. The Morgan fingerprint density at radius 2 is 1.75 bits per heavy atom. The number of hydrogen-bond donors (Lipinski definition) is 3. The Labute approximate surface area is 330 Å². The number of benzene rings is 1. The molecule has 1 aliphatic carbocycles. The fourth-order valence-corrected chi connectivity index (χ4v) is 9.97. The van der Waals surface area contributed by atoms with E-state index in [0.717, 1.165) is 5.56 Å². The van der Waals surface area contributed by atoms with Crippen LogP contribution in [0, 0.1) is 22.0 Å². The molecular formula is C31H32FN11O10P2S2.